The quantitative estimate of drug-likeness (QED) is 0.670. The molecular formula is C18H14BrFN4O2. The van der Waals surface area contributed by atoms with Crippen molar-refractivity contribution < 1.29 is 14.0 Å². The zero-order valence-corrected chi connectivity index (χ0v) is 15.0. The highest BCUT2D eigenvalue weighted by Crippen LogP contribution is 2.15. The predicted octanol–water partition coefficient (Wildman–Crippen LogP) is 3.14. The van der Waals surface area contributed by atoms with Crippen LogP contribution < -0.4 is 10.6 Å². The Hall–Kier alpha value is -3.00. The lowest BCUT2D eigenvalue weighted by Crippen LogP contribution is -2.32. The molecule has 8 heteroatoms. The van der Waals surface area contributed by atoms with E-state index in [1.165, 1.54) is 12.1 Å². The van der Waals surface area contributed by atoms with Gasteiger partial charge in [-0.05, 0) is 48.5 Å². The normalized spacial score (nSPS) is 10.4. The molecule has 0 saturated carbocycles. The SMILES string of the molecule is O=C(CNC(=O)c1cc(F)cc(Br)c1)Nc1ccc(-n2cccn2)cc1. The van der Waals surface area contributed by atoms with Gasteiger partial charge in [0.05, 0.1) is 12.2 Å². The van der Waals surface area contributed by atoms with Crippen LogP contribution in [0, 0.1) is 5.82 Å². The monoisotopic (exact) mass is 416 g/mol. The van der Waals surface area contributed by atoms with E-state index in [4.69, 9.17) is 0 Å². The maximum atomic E-state index is 13.3. The molecule has 1 aromatic heterocycles. The van der Waals surface area contributed by atoms with Gasteiger partial charge in [0.25, 0.3) is 5.91 Å². The third-order valence-corrected chi connectivity index (χ3v) is 3.91. The summed E-state index contributed by atoms with van der Waals surface area (Å²) in [6.45, 7) is -0.228. The molecule has 3 rings (SSSR count). The summed E-state index contributed by atoms with van der Waals surface area (Å²) in [5, 5.41) is 9.25. The summed E-state index contributed by atoms with van der Waals surface area (Å²) in [4.78, 5) is 24.0. The Morgan fingerprint density at radius 2 is 1.92 bits per heavy atom. The van der Waals surface area contributed by atoms with Crippen LogP contribution in [0.5, 0.6) is 0 Å². The van der Waals surface area contributed by atoms with Crippen LogP contribution in [-0.4, -0.2) is 28.1 Å². The van der Waals surface area contributed by atoms with Crippen LogP contribution in [-0.2, 0) is 4.79 Å². The zero-order valence-electron chi connectivity index (χ0n) is 13.4. The first-order valence-electron chi connectivity index (χ1n) is 7.65. The minimum Gasteiger partial charge on any atom is -0.343 e. The number of carbonyl (C=O) groups is 2. The Kier molecular flexibility index (Phi) is 5.43. The number of amides is 2. The number of hydrogen-bond acceptors (Lipinski definition) is 3. The first-order valence-corrected chi connectivity index (χ1v) is 8.45. The lowest BCUT2D eigenvalue weighted by atomic mass is 10.2. The first kappa shape index (κ1) is 17.8. The summed E-state index contributed by atoms with van der Waals surface area (Å²) < 4.78 is 15.5. The van der Waals surface area contributed by atoms with Gasteiger partial charge in [-0.15, -0.1) is 0 Å². The van der Waals surface area contributed by atoms with E-state index in [2.05, 4.69) is 31.7 Å². The summed E-state index contributed by atoms with van der Waals surface area (Å²) in [5.41, 5.74) is 1.58. The second kappa shape index (κ2) is 7.92. The molecule has 0 fully saturated rings. The van der Waals surface area contributed by atoms with Crippen LogP contribution in [0.4, 0.5) is 10.1 Å². The van der Waals surface area contributed by atoms with E-state index in [1.54, 1.807) is 23.0 Å². The summed E-state index contributed by atoms with van der Waals surface area (Å²) in [6, 6.07) is 12.7. The average Bonchev–Trinajstić information content (AvgIpc) is 3.14. The van der Waals surface area contributed by atoms with Gasteiger partial charge < -0.3 is 10.6 Å². The molecule has 0 spiro atoms. The highest BCUT2D eigenvalue weighted by atomic mass is 79.9. The standard InChI is InChI=1S/C18H14BrFN4O2/c19-13-8-12(9-14(20)10-13)18(26)21-11-17(25)23-15-2-4-16(5-3-15)24-7-1-6-22-24/h1-10H,11H2,(H,21,26)(H,23,25). The molecule has 0 atom stereocenters. The third kappa shape index (κ3) is 4.54. The van der Waals surface area contributed by atoms with E-state index < -0.39 is 11.7 Å². The molecule has 0 aliphatic heterocycles. The second-order valence-electron chi connectivity index (χ2n) is 5.39. The number of carbonyl (C=O) groups excluding carboxylic acids is 2. The average molecular weight is 417 g/mol. The number of benzene rings is 2. The topological polar surface area (TPSA) is 76.0 Å². The second-order valence-corrected chi connectivity index (χ2v) is 6.30. The van der Waals surface area contributed by atoms with Gasteiger partial charge in [0, 0.05) is 28.1 Å². The molecule has 2 aromatic carbocycles. The minimum atomic E-state index is -0.536. The molecule has 0 saturated heterocycles. The van der Waals surface area contributed by atoms with E-state index >= 15 is 0 Å². The van der Waals surface area contributed by atoms with Gasteiger partial charge in [-0.1, -0.05) is 15.9 Å². The predicted molar refractivity (Wildman–Crippen MR) is 98.6 cm³/mol. The highest BCUT2D eigenvalue weighted by molar-refractivity contribution is 9.10. The highest BCUT2D eigenvalue weighted by Gasteiger charge is 2.10. The first-order chi connectivity index (χ1) is 12.5. The van der Waals surface area contributed by atoms with Crippen LogP contribution in [0.2, 0.25) is 0 Å². The molecule has 2 amide bonds. The number of aromatic nitrogens is 2. The van der Waals surface area contributed by atoms with Gasteiger partial charge in [-0.25, -0.2) is 9.07 Å². The van der Waals surface area contributed by atoms with Crippen molar-refractivity contribution in [1.82, 2.24) is 15.1 Å². The van der Waals surface area contributed by atoms with Crippen LogP contribution >= 0.6 is 15.9 Å². The van der Waals surface area contributed by atoms with Crippen molar-refractivity contribution in [3.05, 3.63) is 76.8 Å². The van der Waals surface area contributed by atoms with Crippen molar-refractivity contribution in [1.29, 1.82) is 0 Å². The third-order valence-electron chi connectivity index (χ3n) is 3.45. The number of anilines is 1. The van der Waals surface area contributed by atoms with E-state index in [0.29, 0.717) is 10.2 Å². The van der Waals surface area contributed by atoms with Crippen molar-refractivity contribution in [2.75, 3.05) is 11.9 Å². The van der Waals surface area contributed by atoms with Crippen LogP contribution in [0.1, 0.15) is 10.4 Å². The smallest absolute Gasteiger partial charge is 0.251 e. The molecule has 132 valence electrons. The number of halogens is 2. The van der Waals surface area contributed by atoms with Crippen LogP contribution in [0.3, 0.4) is 0 Å². The van der Waals surface area contributed by atoms with Crippen molar-refractivity contribution >= 4 is 33.4 Å². The van der Waals surface area contributed by atoms with E-state index in [1.807, 2.05) is 24.4 Å². The number of hydrogen-bond donors (Lipinski definition) is 2. The maximum Gasteiger partial charge on any atom is 0.251 e. The summed E-state index contributed by atoms with van der Waals surface area (Å²) >= 11 is 3.12. The van der Waals surface area contributed by atoms with Gasteiger partial charge >= 0.3 is 0 Å². The number of nitrogens with one attached hydrogen (secondary N) is 2. The molecule has 0 bridgehead atoms. The summed E-state index contributed by atoms with van der Waals surface area (Å²) in [5.74, 6) is -1.46. The number of rotatable bonds is 5. The Morgan fingerprint density at radius 1 is 1.15 bits per heavy atom. The van der Waals surface area contributed by atoms with E-state index in [0.717, 1.165) is 11.8 Å². The molecular weight excluding hydrogens is 403 g/mol. The maximum absolute atomic E-state index is 13.3. The summed E-state index contributed by atoms with van der Waals surface area (Å²) in [6.07, 6.45) is 3.49. The molecule has 3 aromatic rings. The largest absolute Gasteiger partial charge is 0.343 e. The van der Waals surface area contributed by atoms with Gasteiger partial charge in [0.15, 0.2) is 0 Å². The molecule has 0 aliphatic carbocycles. The van der Waals surface area contributed by atoms with Crippen molar-refractivity contribution in [3.8, 4) is 5.69 Å². The summed E-state index contributed by atoms with van der Waals surface area (Å²) in [7, 11) is 0. The van der Waals surface area contributed by atoms with E-state index in [9.17, 15) is 14.0 Å². The van der Waals surface area contributed by atoms with Crippen molar-refractivity contribution in [2.45, 2.75) is 0 Å². The van der Waals surface area contributed by atoms with Crippen LogP contribution in [0.15, 0.2) is 65.4 Å². The van der Waals surface area contributed by atoms with Gasteiger partial charge in [-0.3, -0.25) is 9.59 Å². The Labute approximate surface area is 157 Å². The lowest BCUT2D eigenvalue weighted by molar-refractivity contribution is -0.115. The van der Waals surface area contributed by atoms with Crippen molar-refractivity contribution in [3.63, 3.8) is 0 Å². The molecule has 0 unspecified atom stereocenters. The molecule has 1 heterocycles. The zero-order chi connectivity index (χ0) is 18.5. The van der Waals surface area contributed by atoms with Gasteiger partial charge in [0.1, 0.15) is 5.82 Å². The Bertz CT molecular complexity index is 907. The van der Waals surface area contributed by atoms with Gasteiger partial charge in [0.2, 0.25) is 5.91 Å². The van der Waals surface area contributed by atoms with Gasteiger partial charge in [-0.2, -0.15) is 5.10 Å². The lowest BCUT2D eigenvalue weighted by Gasteiger charge is -2.08. The fourth-order valence-electron chi connectivity index (χ4n) is 2.27. The van der Waals surface area contributed by atoms with E-state index in [-0.39, 0.29) is 18.0 Å². The number of nitrogens with zero attached hydrogens (tertiary/aromatic N) is 2. The molecule has 2 N–H and O–H groups in total. The molecule has 0 aliphatic rings. The Morgan fingerprint density at radius 3 is 2.58 bits per heavy atom. The molecule has 6 nitrogen and oxygen atoms in total. The van der Waals surface area contributed by atoms with Crippen molar-refractivity contribution in [2.24, 2.45) is 0 Å². The fourth-order valence-corrected chi connectivity index (χ4v) is 2.74. The molecule has 26 heavy (non-hydrogen) atoms. The Balaban J connectivity index is 1.54. The fraction of sp³-hybridized carbons (Fsp3) is 0.0556. The van der Waals surface area contributed by atoms with Crippen LogP contribution in [0.25, 0.3) is 5.69 Å². The minimum absolute atomic E-state index is 0.133. The molecule has 0 radical (unpaired) electrons.